The first-order valence-electron chi connectivity index (χ1n) is 13.0. The Balaban J connectivity index is 0.000000302. The van der Waals surface area contributed by atoms with E-state index in [9.17, 15) is 23.9 Å². The van der Waals surface area contributed by atoms with Gasteiger partial charge >= 0.3 is 17.9 Å². The molecule has 0 amide bonds. The van der Waals surface area contributed by atoms with Gasteiger partial charge in [0, 0.05) is 56.0 Å². The summed E-state index contributed by atoms with van der Waals surface area (Å²) in [5.74, 6) is -5.34. The molecule has 4 rings (SSSR count). The van der Waals surface area contributed by atoms with Gasteiger partial charge in [-0.1, -0.05) is 36.4 Å². The molecule has 2 heterocycles. The lowest BCUT2D eigenvalue weighted by atomic mass is 9.84. The van der Waals surface area contributed by atoms with Crippen molar-refractivity contribution in [2.24, 2.45) is 0 Å². The largest absolute Gasteiger partial charge is 0.481 e. The van der Waals surface area contributed by atoms with E-state index in [-0.39, 0.29) is 5.82 Å². The number of nitrogens with zero attached hydrogens (tertiary/aromatic N) is 2. The molecule has 5 N–H and O–H groups in total. The van der Waals surface area contributed by atoms with Crippen LogP contribution in [0.5, 0.6) is 0 Å². The summed E-state index contributed by atoms with van der Waals surface area (Å²) < 4.78 is 21.6. The number of likely N-dealkylation sites (tertiary alicyclic amines) is 1. The average molecular weight is 575 g/mol. The number of rotatable bonds is 11. The molecule has 1 aromatic heterocycles. The third-order valence-corrected chi connectivity index (χ3v) is 7.15. The maximum Gasteiger partial charge on any atom is 0.336 e. The quantitative estimate of drug-likeness (QED) is 0.229. The Hall–Kier alpha value is -3.84. The minimum absolute atomic E-state index is 0.320. The first kappa shape index (κ1) is 31.7. The van der Waals surface area contributed by atoms with Crippen molar-refractivity contribution in [3.05, 3.63) is 71.7 Å². The summed E-state index contributed by atoms with van der Waals surface area (Å²) in [6.07, 6.45) is 0.997. The van der Waals surface area contributed by atoms with Crippen molar-refractivity contribution in [3.63, 3.8) is 0 Å². The van der Waals surface area contributed by atoms with Gasteiger partial charge in [-0.25, -0.2) is 9.18 Å². The minimum atomic E-state index is -2.74. The molecule has 3 aromatic rings. The molecule has 41 heavy (non-hydrogen) atoms. The lowest BCUT2D eigenvalue weighted by molar-refractivity contribution is -0.170. The van der Waals surface area contributed by atoms with Crippen LogP contribution in [0.15, 0.2) is 54.7 Å². The topological polar surface area (TPSA) is 170 Å². The Bertz CT molecular complexity index is 1350. The number of methoxy groups -OCH3 is 1. The molecule has 2 aromatic carbocycles. The molecule has 0 atom stereocenters. The van der Waals surface area contributed by atoms with Gasteiger partial charge in [0.05, 0.1) is 25.0 Å². The fraction of sp³-hybridized carbons (Fsp3) is 0.414. The van der Waals surface area contributed by atoms with Crippen LogP contribution in [0.25, 0.3) is 10.9 Å². The zero-order valence-corrected chi connectivity index (χ0v) is 22.7. The molecular formula is C29H35FN2O9. The minimum Gasteiger partial charge on any atom is -0.481 e. The van der Waals surface area contributed by atoms with E-state index in [0.29, 0.717) is 25.0 Å². The van der Waals surface area contributed by atoms with E-state index in [4.69, 9.17) is 25.2 Å². The van der Waals surface area contributed by atoms with Gasteiger partial charge < -0.3 is 34.8 Å². The SMILES string of the molecule is COCCn1cc(CN2CCC(O)(c3ccccc3F)CC2)c2ccccc21.O=C(O)CC(O)(CC(=O)O)C(=O)O. The molecule has 0 aliphatic carbocycles. The van der Waals surface area contributed by atoms with Crippen molar-refractivity contribution in [3.8, 4) is 0 Å². The number of aliphatic carboxylic acids is 3. The van der Waals surface area contributed by atoms with Gasteiger partial charge in [-0.3, -0.25) is 14.5 Å². The zero-order valence-electron chi connectivity index (χ0n) is 22.7. The molecule has 11 nitrogen and oxygen atoms in total. The predicted molar refractivity (Wildman–Crippen MR) is 146 cm³/mol. The fourth-order valence-corrected chi connectivity index (χ4v) is 4.97. The monoisotopic (exact) mass is 574 g/mol. The molecule has 12 heteroatoms. The van der Waals surface area contributed by atoms with Crippen LogP contribution in [0.3, 0.4) is 0 Å². The normalized spacial score (nSPS) is 15.2. The molecule has 0 unspecified atom stereocenters. The Kier molecular flexibility index (Phi) is 10.6. The van der Waals surface area contributed by atoms with Crippen molar-refractivity contribution in [1.29, 1.82) is 0 Å². The smallest absolute Gasteiger partial charge is 0.336 e. The number of hydrogen-bond donors (Lipinski definition) is 5. The number of piperidine rings is 1. The highest BCUT2D eigenvalue weighted by Gasteiger charge is 2.41. The number of fused-ring (bicyclic) bond motifs is 1. The molecule has 222 valence electrons. The summed E-state index contributed by atoms with van der Waals surface area (Å²) >= 11 is 0. The maximum atomic E-state index is 14.2. The lowest BCUT2D eigenvalue weighted by Gasteiger charge is -2.38. The van der Waals surface area contributed by atoms with E-state index in [1.165, 1.54) is 22.5 Å². The second kappa shape index (κ2) is 13.7. The number of ether oxygens (including phenoxy) is 1. The molecule has 0 saturated carbocycles. The first-order chi connectivity index (χ1) is 19.4. The molecule has 0 bridgehead atoms. The number of halogens is 1. The van der Waals surface area contributed by atoms with Gasteiger partial charge in [-0.05, 0) is 30.5 Å². The van der Waals surface area contributed by atoms with Crippen LogP contribution in [0.1, 0.15) is 36.8 Å². The molecule has 0 radical (unpaired) electrons. The molecule has 1 saturated heterocycles. The number of aliphatic hydroxyl groups is 2. The van der Waals surface area contributed by atoms with E-state index in [1.54, 1.807) is 25.3 Å². The summed E-state index contributed by atoms with van der Waals surface area (Å²) in [5.41, 5.74) is -0.894. The molecular weight excluding hydrogens is 539 g/mol. The second-order valence-electron chi connectivity index (χ2n) is 10.1. The standard InChI is InChI=1S/C23H27FN2O2.C6H8O7/c1-28-15-14-26-17-18(19-6-2-5-9-22(19)26)16-25-12-10-23(27,11-13-25)20-7-3-4-8-21(20)24;7-3(8)1-6(13,5(11)12)2-4(9)10/h2-9,17,27H,10-16H2,1H3;13H,1-2H2,(H,7,8)(H,9,10)(H,11,12). The van der Waals surface area contributed by atoms with Crippen LogP contribution in [-0.4, -0.2) is 85.3 Å². The summed E-state index contributed by atoms with van der Waals surface area (Å²) in [5, 5.41) is 46.1. The number of aromatic nitrogens is 1. The number of carboxylic acids is 3. The number of para-hydroxylation sites is 1. The van der Waals surface area contributed by atoms with Crippen molar-refractivity contribution in [2.45, 2.75) is 50.0 Å². The van der Waals surface area contributed by atoms with E-state index >= 15 is 0 Å². The number of carbonyl (C=O) groups is 3. The average Bonchev–Trinajstić information content (AvgIpc) is 3.25. The van der Waals surface area contributed by atoms with Crippen LogP contribution < -0.4 is 0 Å². The summed E-state index contributed by atoms with van der Waals surface area (Å²) in [4.78, 5) is 32.8. The van der Waals surface area contributed by atoms with E-state index < -0.39 is 42.0 Å². The van der Waals surface area contributed by atoms with Crippen LogP contribution in [0, 0.1) is 5.82 Å². The molecule has 1 fully saturated rings. The molecule has 0 spiro atoms. The zero-order chi connectivity index (χ0) is 30.2. The second-order valence-corrected chi connectivity index (χ2v) is 10.1. The number of hydrogen-bond acceptors (Lipinski definition) is 7. The van der Waals surface area contributed by atoms with Gasteiger partial charge in [-0.15, -0.1) is 0 Å². The van der Waals surface area contributed by atoms with Crippen LogP contribution >= 0.6 is 0 Å². The number of carboxylic acid groups (broad SMARTS) is 3. The highest BCUT2D eigenvalue weighted by atomic mass is 19.1. The van der Waals surface area contributed by atoms with E-state index in [1.807, 2.05) is 0 Å². The van der Waals surface area contributed by atoms with E-state index in [2.05, 4.69) is 39.9 Å². The van der Waals surface area contributed by atoms with Gasteiger partial charge in [-0.2, -0.15) is 0 Å². The van der Waals surface area contributed by atoms with E-state index in [0.717, 1.165) is 26.2 Å². The first-order valence-corrected chi connectivity index (χ1v) is 13.0. The van der Waals surface area contributed by atoms with Crippen molar-refractivity contribution in [2.75, 3.05) is 26.8 Å². The highest BCUT2D eigenvalue weighted by Crippen LogP contribution is 2.35. The molecule has 1 aliphatic rings. The lowest BCUT2D eigenvalue weighted by Crippen LogP contribution is -2.42. The van der Waals surface area contributed by atoms with Crippen LogP contribution in [0.4, 0.5) is 4.39 Å². The maximum absolute atomic E-state index is 14.2. The Morgan fingerprint density at radius 2 is 1.56 bits per heavy atom. The van der Waals surface area contributed by atoms with Crippen molar-refractivity contribution in [1.82, 2.24) is 9.47 Å². The summed E-state index contributed by atoms with van der Waals surface area (Å²) in [6, 6.07) is 15.0. The summed E-state index contributed by atoms with van der Waals surface area (Å²) in [7, 11) is 1.72. The summed E-state index contributed by atoms with van der Waals surface area (Å²) in [6.45, 7) is 3.81. The third-order valence-electron chi connectivity index (χ3n) is 7.15. The van der Waals surface area contributed by atoms with Gasteiger partial charge in [0.15, 0.2) is 5.60 Å². The Morgan fingerprint density at radius 1 is 0.976 bits per heavy atom. The van der Waals surface area contributed by atoms with Crippen molar-refractivity contribution >= 4 is 28.8 Å². The Labute approximate surface area is 236 Å². The molecule has 1 aliphatic heterocycles. The van der Waals surface area contributed by atoms with Crippen LogP contribution in [0.2, 0.25) is 0 Å². The van der Waals surface area contributed by atoms with Crippen molar-refractivity contribution < 1.29 is 49.0 Å². The highest BCUT2D eigenvalue weighted by molar-refractivity contribution is 5.88. The van der Waals surface area contributed by atoms with Gasteiger partial charge in [0.1, 0.15) is 5.82 Å². The van der Waals surface area contributed by atoms with Gasteiger partial charge in [0.2, 0.25) is 0 Å². The fourth-order valence-electron chi connectivity index (χ4n) is 4.97. The van der Waals surface area contributed by atoms with Gasteiger partial charge in [0.25, 0.3) is 0 Å². The third kappa shape index (κ3) is 8.10. The Morgan fingerprint density at radius 3 is 2.12 bits per heavy atom. The van der Waals surface area contributed by atoms with Crippen LogP contribution in [-0.2, 0) is 37.8 Å². The predicted octanol–water partition coefficient (Wildman–Crippen LogP) is 2.66. The number of benzene rings is 2.